The van der Waals surface area contributed by atoms with E-state index in [-0.39, 0.29) is 11.4 Å². The monoisotopic (exact) mass is 167 g/mol. The fourth-order valence-corrected chi connectivity index (χ4v) is 2.51. The number of hydrogen-bond acceptors (Lipinski definition) is 3. The molecule has 3 heterocycles. The van der Waals surface area contributed by atoms with Gasteiger partial charge in [0.25, 0.3) is 0 Å². The highest BCUT2D eigenvalue weighted by atomic mass is 16.2. The first-order valence-corrected chi connectivity index (χ1v) is 4.49. The Hall–Kier alpha value is -0.610. The van der Waals surface area contributed by atoms with Crippen LogP contribution in [0.5, 0.6) is 0 Å². The summed E-state index contributed by atoms with van der Waals surface area (Å²) in [4.78, 5) is 11.3. The maximum atomic E-state index is 11.3. The Labute approximate surface area is 71.1 Å². The van der Waals surface area contributed by atoms with Crippen molar-refractivity contribution in [3.63, 3.8) is 0 Å². The highest BCUT2D eigenvalue weighted by molar-refractivity contribution is 5.93. The Bertz CT molecular complexity index is 249. The molecule has 0 aromatic rings. The van der Waals surface area contributed by atoms with Crippen LogP contribution in [0.4, 0.5) is 0 Å². The number of nitrogens with one attached hydrogen (secondary N) is 3. The topological polar surface area (TPSA) is 53.2 Å². The molecule has 3 saturated heterocycles. The van der Waals surface area contributed by atoms with E-state index in [1.54, 1.807) is 0 Å². The van der Waals surface area contributed by atoms with Gasteiger partial charge in [0.05, 0.1) is 0 Å². The van der Waals surface area contributed by atoms with E-state index in [4.69, 9.17) is 0 Å². The molecule has 0 bridgehead atoms. The third-order valence-electron chi connectivity index (χ3n) is 3.46. The van der Waals surface area contributed by atoms with Gasteiger partial charge < -0.3 is 16.0 Å². The molecule has 0 aromatic heterocycles. The minimum absolute atomic E-state index is 0.178. The van der Waals surface area contributed by atoms with Gasteiger partial charge in [-0.3, -0.25) is 4.79 Å². The Kier molecular flexibility index (Phi) is 1.04. The molecule has 1 unspecified atom stereocenters. The lowest BCUT2D eigenvalue weighted by molar-refractivity contribution is -0.134. The molecule has 2 spiro atoms. The van der Waals surface area contributed by atoms with E-state index >= 15 is 0 Å². The molecule has 4 nitrogen and oxygen atoms in total. The van der Waals surface area contributed by atoms with Crippen molar-refractivity contribution in [1.82, 2.24) is 16.0 Å². The molecule has 3 aliphatic heterocycles. The first-order valence-electron chi connectivity index (χ1n) is 4.49. The van der Waals surface area contributed by atoms with Crippen molar-refractivity contribution in [2.45, 2.75) is 12.0 Å². The van der Waals surface area contributed by atoms with Gasteiger partial charge in [0.2, 0.25) is 5.91 Å². The average Bonchev–Trinajstić information content (AvgIpc) is 2.43. The van der Waals surface area contributed by atoms with Crippen LogP contribution in [0.1, 0.15) is 6.42 Å². The first kappa shape index (κ1) is 6.86. The highest BCUT2D eigenvalue weighted by Gasteiger charge is 2.58. The lowest BCUT2D eigenvalue weighted by atomic mass is 9.74. The summed E-state index contributed by atoms with van der Waals surface area (Å²) in [5.41, 5.74) is 0.222. The quantitative estimate of drug-likeness (QED) is 0.382. The second kappa shape index (κ2) is 1.83. The van der Waals surface area contributed by atoms with Crippen molar-refractivity contribution in [2.75, 3.05) is 26.2 Å². The number of rotatable bonds is 0. The standard InChI is InChI=1S/C8H13N3O/c12-6-8(5-10-6)1-7(4-11-8)2-9-3-7/h9,11H,1-5H2,(H,10,12). The molecule has 3 rings (SSSR count). The van der Waals surface area contributed by atoms with E-state index in [2.05, 4.69) is 16.0 Å². The van der Waals surface area contributed by atoms with Crippen LogP contribution >= 0.6 is 0 Å². The van der Waals surface area contributed by atoms with Gasteiger partial charge >= 0.3 is 0 Å². The summed E-state index contributed by atoms with van der Waals surface area (Å²) in [6, 6.07) is 0. The Balaban J connectivity index is 1.81. The third-order valence-corrected chi connectivity index (χ3v) is 3.46. The first-order chi connectivity index (χ1) is 5.75. The summed E-state index contributed by atoms with van der Waals surface area (Å²) in [5, 5.41) is 9.44. The van der Waals surface area contributed by atoms with Crippen molar-refractivity contribution in [2.24, 2.45) is 5.41 Å². The molecular weight excluding hydrogens is 154 g/mol. The molecule has 0 aliphatic carbocycles. The summed E-state index contributed by atoms with van der Waals surface area (Å²) in [6.45, 7) is 3.99. The average molecular weight is 167 g/mol. The van der Waals surface area contributed by atoms with Crippen LogP contribution in [0.3, 0.4) is 0 Å². The van der Waals surface area contributed by atoms with Gasteiger partial charge in [0, 0.05) is 31.6 Å². The smallest absolute Gasteiger partial charge is 0.242 e. The van der Waals surface area contributed by atoms with Crippen LogP contribution in [0, 0.1) is 5.41 Å². The molecule has 12 heavy (non-hydrogen) atoms. The van der Waals surface area contributed by atoms with E-state index in [1.807, 2.05) is 0 Å². The van der Waals surface area contributed by atoms with Gasteiger partial charge in [-0.25, -0.2) is 0 Å². The number of amides is 1. The molecule has 3 fully saturated rings. The van der Waals surface area contributed by atoms with Crippen LogP contribution in [0.15, 0.2) is 0 Å². The fourth-order valence-electron chi connectivity index (χ4n) is 2.51. The van der Waals surface area contributed by atoms with Crippen LogP contribution in [0.2, 0.25) is 0 Å². The normalized spacial score (nSPS) is 42.5. The molecule has 0 radical (unpaired) electrons. The maximum absolute atomic E-state index is 11.3. The van der Waals surface area contributed by atoms with Gasteiger partial charge in [-0.2, -0.15) is 0 Å². The molecule has 3 N–H and O–H groups in total. The molecule has 66 valence electrons. The largest absolute Gasteiger partial charge is 0.352 e. The van der Waals surface area contributed by atoms with E-state index in [0.29, 0.717) is 5.41 Å². The number of hydrogen-bond donors (Lipinski definition) is 3. The molecule has 0 aromatic carbocycles. The fraction of sp³-hybridized carbons (Fsp3) is 0.875. The van der Waals surface area contributed by atoms with Gasteiger partial charge in [-0.05, 0) is 6.42 Å². The zero-order valence-corrected chi connectivity index (χ0v) is 6.94. The van der Waals surface area contributed by atoms with Crippen LogP contribution in [-0.2, 0) is 4.79 Å². The van der Waals surface area contributed by atoms with E-state index in [0.717, 1.165) is 32.6 Å². The predicted molar refractivity (Wildman–Crippen MR) is 43.7 cm³/mol. The zero-order valence-electron chi connectivity index (χ0n) is 6.94. The number of carbonyl (C=O) groups is 1. The Morgan fingerprint density at radius 1 is 1.17 bits per heavy atom. The predicted octanol–water partition coefficient (Wildman–Crippen LogP) is -1.56. The highest BCUT2D eigenvalue weighted by Crippen LogP contribution is 2.40. The van der Waals surface area contributed by atoms with Crippen LogP contribution < -0.4 is 16.0 Å². The Morgan fingerprint density at radius 2 is 2.00 bits per heavy atom. The molecule has 4 heteroatoms. The second-order valence-corrected chi connectivity index (χ2v) is 4.40. The van der Waals surface area contributed by atoms with Crippen molar-refractivity contribution in [1.29, 1.82) is 0 Å². The van der Waals surface area contributed by atoms with E-state index < -0.39 is 0 Å². The molecule has 3 aliphatic rings. The minimum Gasteiger partial charge on any atom is -0.352 e. The second-order valence-electron chi connectivity index (χ2n) is 4.40. The lowest BCUT2D eigenvalue weighted by Crippen LogP contribution is -2.70. The van der Waals surface area contributed by atoms with Crippen LogP contribution in [0.25, 0.3) is 0 Å². The van der Waals surface area contributed by atoms with Crippen molar-refractivity contribution < 1.29 is 4.79 Å². The zero-order chi connectivity index (χ0) is 8.23. The number of β-lactam (4-membered cyclic amide) rings is 1. The molecule has 1 atom stereocenters. The van der Waals surface area contributed by atoms with E-state index in [1.165, 1.54) is 0 Å². The summed E-state index contributed by atoms with van der Waals surface area (Å²) >= 11 is 0. The van der Waals surface area contributed by atoms with Crippen molar-refractivity contribution in [3.05, 3.63) is 0 Å². The van der Waals surface area contributed by atoms with E-state index in [9.17, 15) is 4.79 Å². The van der Waals surface area contributed by atoms with Crippen molar-refractivity contribution >= 4 is 5.91 Å². The minimum atomic E-state index is -0.178. The van der Waals surface area contributed by atoms with Gasteiger partial charge in [-0.1, -0.05) is 0 Å². The number of carbonyl (C=O) groups excluding carboxylic acids is 1. The lowest BCUT2D eigenvalue weighted by Gasteiger charge is -2.42. The Morgan fingerprint density at radius 3 is 2.25 bits per heavy atom. The molecular formula is C8H13N3O. The third kappa shape index (κ3) is 0.630. The van der Waals surface area contributed by atoms with Gasteiger partial charge in [0.1, 0.15) is 5.54 Å². The SMILES string of the molecule is O=C1NCC12CC1(CNC1)CN2. The summed E-state index contributed by atoms with van der Waals surface area (Å²) in [5.74, 6) is 0.200. The van der Waals surface area contributed by atoms with Gasteiger partial charge in [-0.15, -0.1) is 0 Å². The summed E-state index contributed by atoms with van der Waals surface area (Å²) in [6.07, 6.45) is 1.03. The van der Waals surface area contributed by atoms with Gasteiger partial charge in [0.15, 0.2) is 0 Å². The van der Waals surface area contributed by atoms with Crippen molar-refractivity contribution in [3.8, 4) is 0 Å². The molecule has 1 amide bonds. The van der Waals surface area contributed by atoms with Crippen LogP contribution in [-0.4, -0.2) is 37.6 Å². The summed E-state index contributed by atoms with van der Waals surface area (Å²) < 4.78 is 0. The molecule has 0 saturated carbocycles. The summed E-state index contributed by atoms with van der Waals surface area (Å²) in [7, 11) is 0. The maximum Gasteiger partial charge on any atom is 0.242 e.